The molecule has 0 atom stereocenters. The molecule has 0 amide bonds. The third-order valence-corrected chi connectivity index (χ3v) is 1.33. The molecule has 0 nitrogen and oxygen atoms in total. The first-order valence-electron chi connectivity index (χ1n) is 5.32. The maximum Gasteiger partial charge on any atom is 0 e. The van der Waals surface area contributed by atoms with Gasteiger partial charge in [-0.05, 0) is 13.8 Å². The van der Waals surface area contributed by atoms with Gasteiger partial charge in [0.15, 0.2) is 0 Å². The summed E-state index contributed by atoms with van der Waals surface area (Å²) in [6.45, 7) is 12.7. The van der Waals surface area contributed by atoms with E-state index in [1.54, 1.807) is 0 Å². The highest BCUT2D eigenvalue weighted by atomic mass is 13.6. The fourth-order valence-electron chi connectivity index (χ4n) is 0. The Morgan fingerprint density at radius 2 is 0.733 bits per heavy atom. The first-order valence-corrected chi connectivity index (χ1v) is 5.32. The van der Waals surface area contributed by atoms with Crippen molar-refractivity contribution in [3.63, 3.8) is 0 Å². The van der Waals surface area contributed by atoms with E-state index in [0.29, 0.717) is 0 Å². The monoisotopic (exact) mass is 222 g/mol. The van der Waals surface area contributed by atoms with E-state index in [1.165, 1.54) is 25.7 Å². The Morgan fingerprint density at radius 1 is 0.600 bits per heavy atom. The van der Waals surface area contributed by atoms with Gasteiger partial charge in [-0.1, -0.05) is 87.8 Å². The van der Waals surface area contributed by atoms with Crippen molar-refractivity contribution >= 4 is 0 Å². The molecule has 0 heteroatoms. The number of hydrogen-bond acceptors (Lipinski definition) is 0. The number of rotatable bonds is 2. The molecule has 0 saturated heterocycles. The molecule has 0 aromatic heterocycles. The van der Waals surface area contributed by atoms with Crippen molar-refractivity contribution in [2.75, 3.05) is 0 Å². The van der Waals surface area contributed by atoms with Gasteiger partial charge in [-0.15, -0.1) is 0 Å². The Morgan fingerprint density at radius 3 is 0.733 bits per heavy atom. The second kappa shape index (κ2) is 67.7. The summed E-state index contributed by atoms with van der Waals surface area (Å²) >= 11 is 0. The molecule has 0 aliphatic heterocycles. The van der Waals surface area contributed by atoms with Gasteiger partial charge in [0, 0.05) is 1.43 Å². The quantitative estimate of drug-likeness (QED) is 0.428. The maximum absolute atomic E-state index is 2.18. The van der Waals surface area contributed by atoms with E-state index in [0.717, 1.165) is 0 Å². The molecule has 0 spiro atoms. The van der Waals surface area contributed by atoms with Gasteiger partial charge in [0.1, 0.15) is 0 Å². The summed E-state index contributed by atoms with van der Waals surface area (Å²) in [6.07, 6.45) is 9.28. The molecule has 0 heterocycles. The number of unbranched alkanes of at least 4 members (excludes halogenated alkanes) is 2. The van der Waals surface area contributed by atoms with E-state index in [1.807, 2.05) is 26.0 Å². The van der Waals surface area contributed by atoms with Crippen molar-refractivity contribution in [2.24, 2.45) is 0 Å². The SMILES string of the molecule is C.C.C.CC=CC.CCCC.CCCC.[HH]. The summed E-state index contributed by atoms with van der Waals surface area (Å²) in [5.74, 6) is 0. The molecule has 0 N–H and O–H groups in total. The van der Waals surface area contributed by atoms with E-state index in [2.05, 4.69) is 27.7 Å². The zero-order valence-corrected chi connectivity index (χ0v) is 9.98. The number of allylic oxidation sites excluding steroid dienone is 2. The second-order valence-corrected chi connectivity index (χ2v) is 2.67. The van der Waals surface area contributed by atoms with Crippen LogP contribution in [0.5, 0.6) is 0 Å². The molecule has 0 aliphatic rings. The minimum absolute atomic E-state index is 0. The standard InChI is InChI=1S/2C4H10.C4H8.3CH4.H2/c3*1-3-4-2;;;;/h2*3-4H2,1-2H3;3-4H,1-2H3;3*1H4;1H. The molecule has 0 radical (unpaired) electrons. The lowest BCUT2D eigenvalue weighted by atomic mass is 10.4. The topological polar surface area (TPSA) is 0 Å². The van der Waals surface area contributed by atoms with Crippen LogP contribution in [0.1, 0.15) is 90.9 Å². The van der Waals surface area contributed by atoms with Gasteiger partial charge >= 0.3 is 0 Å². The Labute approximate surface area is 104 Å². The normalized spacial score (nSPS) is 6.53. The molecule has 0 saturated carbocycles. The first-order chi connectivity index (χ1) is 5.74. The summed E-state index contributed by atoms with van der Waals surface area (Å²) in [6, 6.07) is 0. The zero-order valence-electron chi connectivity index (χ0n) is 9.98. The van der Waals surface area contributed by atoms with Crippen molar-refractivity contribution in [2.45, 2.75) is 89.5 Å². The van der Waals surface area contributed by atoms with E-state index in [-0.39, 0.29) is 23.7 Å². The summed E-state index contributed by atoms with van der Waals surface area (Å²) in [5, 5.41) is 0. The summed E-state index contributed by atoms with van der Waals surface area (Å²) in [4.78, 5) is 0. The predicted octanol–water partition coefficient (Wildman–Crippen LogP) is 7.35. The Balaban J connectivity index is -0.0000000135. The third kappa shape index (κ3) is 252. The average Bonchev–Trinajstić information content (AvgIpc) is 2.18. The van der Waals surface area contributed by atoms with Crippen molar-refractivity contribution in [3.05, 3.63) is 12.2 Å². The summed E-state index contributed by atoms with van der Waals surface area (Å²) < 4.78 is 0. The average molecular weight is 223 g/mol. The van der Waals surface area contributed by atoms with Crippen molar-refractivity contribution in [1.29, 1.82) is 0 Å². The van der Waals surface area contributed by atoms with E-state index >= 15 is 0 Å². The maximum atomic E-state index is 2.18. The van der Waals surface area contributed by atoms with Crippen LogP contribution in [-0.2, 0) is 0 Å². The molecule has 15 heavy (non-hydrogen) atoms. The Hall–Kier alpha value is -0.260. The van der Waals surface area contributed by atoms with E-state index in [9.17, 15) is 0 Å². The fourth-order valence-corrected chi connectivity index (χ4v) is 0. The van der Waals surface area contributed by atoms with Crippen LogP contribution in [0.25, 0.3) is 0 Å². The van der Waals surface area contributed by atoms with Gasteiger partial charge < -0.3 is 0 Å². The Bertz CT molecular complexity index is 46.5. The van der Waals surface area contributed by atoms with Crippen LogP contribution in [0.15, 0.2) is 12.2 Å². The molecule has 0 aromatic carbocycles. The van der Waals surface area contributed by atoms with Crippen LogP contribution in [0, 0.1) is 0 Å². The van der Waals surface area contributed by atoms with Crippen molar-refractivity contribution in [1.82, 2.24) is 0 Å². The van der Waals surface area contributed by atoms with Gasteiger partial charge in [0.25, 0.3) is 0 Å². The molecule has 102 valence electrons. The highest BCUT2D eigenvalue weighted by molar-refractivity contribution is 4.68. The minimum atomic E-state index is 0. The molecular formula is C15H42. The van der Waals surface area contributed by atoms with Crippen LogP contribution in [0.4, 0.5) is 0 Å². The van der Waals surface area contributed by atoms with Crippen molar-refractivity contribution < 1.29 is 1.43 Å². The van der Waals surface area contributed by atoms with Gasteiger partial charge in [-0.2, -0.15) is 0 Å². The molecule has 0 aromatic rings. The van der Waals surface area contributed by atoms with Gasteiger partial charge in [-0.3, -0.25) is 0 Å². The summed E-state index contributed by atoms with van der Waals surface area (Å²) in [5.41, 5.74) is 0. The van der Waals surface area contributed by atoms with Crippen molar-refractivity contribution in [3.8, 4) is 0 Å². The van der Waals surface area contributed by atoms with Crippen LogP contribution < -0.4 is 0 Å². The highest BCUT2D eigenvalue weighted by Gasteiger charge is 1.56. The molecule has 0 aliphatic carbocycles. The van der Waals surface area contributed by atoms with E-state index in [4.69, 9.17) is 0 Å². The van der Waals surface area contributed by atoms with Crippen LogP contribution in [0.3, 0.4) is 0 Å². The number of hydrogen-bond donors (Lipinski definition) is 0. The van der Waals surface area contributed by atoms with Gasteiger partial charge in [0.05, 0.1) is 0 Å². The largest absolute Gasteiger partial charge is 0.0919 e. The highest BCUT2D eigenvalue weighted by Crippen LogP contribution is 1.77. The molecular weight excluding hydrogens is 180 g/mol. The van der Waals surface area contributed by atoms with Gasteiger partial charge in [0.2, 0.25) is 0 Å². The van der Waals surface area contributed by atoms with Crippen LogP contribution in [-0.4, -0.2) is 0 Å². The second-order valence-electron chi connectivity index (χ2n) is 2.67. The van der Waals surface area contributed by atoms with Gasteiger partial charge in [-0.25, -0.2) is 0 Å². The smallest absolute Gasteiger partial charge is 0 e. The molecule has 0 bridgehead atoms. The molecule has 0 rings (SSSR count). The molecule has 0 fully saturated rings. The fraction of sp³-hybridized carbons (Fsp3) is 0.867. The van der Waals surface area contributed by atoms with E-state index < -0.39 is 0 Å². The predicted molar refractivity (Wildman–Crippen MR) is 84.0 cm³/mol. The minimum Gasteiger partial charge on any atom is -0.0919 e. The Kier molecular flexibility index (Phi) is 164. The van der Waals surface area contributed by atoms with Crippen LogP contribution >= 0.6 is 0 Å². The lowest BCUT2D eigenvalue weighted by Gasteiger charge is -1.68. The lowest BCUT2D eigenvalue weighted by molar-refractivity contribution is 0.886. The third-order valence-electron chi connectivity index (χ3n) is 1.33. The summed E-state index contributed by atoms with van der Waals surface area (Å²) in [7, 11) is 0. The lowest BCUT2D eigenvalue weighted by Crippen LogP contribution is -1.47. The molecule has 0 unspecified atom stereocenters. The van der Waals surface area contributed by atoms with Crippen LogP contribution in [0.2, 0.25) is 0 Å². The first kappa shape index (κ1) is 36.4. The zero-order chi connectivity index (χ0) is 10.2.